The van der Waals surface area contributed by atoms with Crippen molar-refractivity contribution in [3.8, 4) is 23.1 Å². The fourth-order valence-corrected chi connectivity index (χ4v) is 1.44. The molecule has 0 aliphatic heterocycles. The third-order valence-corrected chi connectivity index (χ3v) is 2.34. The van der Waals surface area contributed by atoms with Gasteiger partial charge in [-0.3, -0.25) is 0 Å². The van der Waals surface area contributed by atoms with E-state index in [1.807, 2.05) is 0 Å². The van der Waals surface area contributed by atoms with Crippen molar-refractivity contribution in [3.05, 3.63) is 36.5 Å². The molecule has 2 aromatic rings. The van der Waals surface area contributed by atoms with Crippen LogP contribution in [-0.4, -0.2) is 19.2 Å². The summed E-state index contributed by atoms with van der Waals surface area (Å²) in [6, 6.07) is 8.69. The number of rotatable bonds is 4. The monoisotopic (exact) mass is 246 g/mol. The van der Waals surface area contributed by atoms with Gasteiger partial charge in [0.15, 0.2) is 0 Å². The molecule has 1 heterocycles. The van der Waals surface area contributed by atoms with Gasteiger partial charge >= 0.3 is 0 Å². The number of aromatic nitrogens is 1. The minimum atomic E-state index is 0.354. The van der Waals surface area contributed by atoms with Gasteiger partial charge in [-0.15, -0.1) is 0 Å². The molecule has 1 aromatic carbocycles. The largest absolute Gasteiger partial charge is 0.496 e. The number of nitrogens with zero attached hydrogens (tertiary/aromatic N) is 1. The highest BCUT2D eigenvalue weighted by atomic mass is 16.5. The molecule has 0 fully saturated rings. The van der Waals surface area contributed by atoms with E-state index in [0.717, 1.165) is 0 Å². The first kappa shape index (κ1) is 12.0. The lowest BCUT2D eigenvalue weighted by atomic mass is 10.3. The van der Waals surface area contributed by atoms with E-state index in [0.29, 0.717) is 28.8 Å². The molecule has 0 saturated heterocycles. The van der Waals surface area contributed by atoms with Gasteiger partial charge in [0.1, 0.15) is 17.2 Å². The first-order chi connectivity index (χ1) is 8.72. The predicted octanol–water partition coefficient (Wildman–Crippen LogP) is 2.47. The molecule has 0 bridgehead atoms. The van der Waals surface area contributed by atoms with E-state index < -0.39 is 0 Å². The number of ether oxygens (including phenoxy) is 3. The summed E-state index contributed by atoms with van der Waals surface area (Å²) < 4.78 is 15.9. The summed E-state index contributed by atoms with van der Waals surface area (Å²) in [6.07, 6.45) is 1.61. The van der Waals surface area contributed by atoms with Gasteiger partial charge in [-0.25, -0.2) is 4.98 Å². The summed E-state index contributed by atoms with van der Waals surface area (Å²) in [4.78, 5) is 4.06. The van der Waals surface area contributed by atoms with Crippen LogP contribution < -0.4 is 19.9 Å². The molecule has 0 unspecified atom stereocenters. The van der Waals surface area contributed by atoms with Gasteiger partial charge in [-0.2, -0.15) is 0 Å². The topological polar surface area (TPSA) is 66.6 Å². The number of hydrogen-bond donors (Lipinski definition) is 1. The number of benzene rings is 1. The molecule has 0 saturated carbocycles. The average molecular weight is 246 g/mol. The molecule has 0 atom stereocenters. The van der Waals surface area contributed by atoms with E-state index >= 15 is 0 Å². The summed E-state index contributed by atoms with van der Waals surface area (Å²) in [5.74, 6) is 2.18. The first-order valence-corrected chi connectivity index (χ1v) is 5.34. The van der Waals surface area contributed by atoms with Crippen LogP contribution in [0.2, 0.25) is 0 Å². The Morgan fingerprint density at radius 2 is 1.61 bits per heavy atom. The molecular formula is C13H14N2O3. The van der Waals surface area contributed by atoms with E-state index in [4.69, 9.17) is 19.9 Å². The van der Waals surface area contributed by atoms with Gasteiger partial charge < -0.3 is 19.9 Å². The second-order valence-electron chi connectivity index (χ2n) is 3.55. The van der Waals surface area contributed by atoms with Crippen LogP contribution in [0.3, 0.4) is 0 Å². The maximum atomic E-state index is 5.76. The molecule has 0 radical (unpaired) electrons. The summed E-state index contributed by atoms with van der Waals surface area (Å²) in [6.45, 7) is 0. The zero-order chi connectivity index (χ0) is 13.0. The molecule has 0 aliphatic carbocycles. The van der Waals surface area contributed by atoms with E-state index in [2.05, 4.69) is 4.98 Å². The van der Waals surface area contributed by atoms with E-state index in [1.54, 1.807) is 50.7 Å². The van der Waals surface area contributed by atoms with E-state index in [-0.39, 0.29) is 0 Å². The van der Waals surface area contributed by atoms with Crippen LogP contribution in [0.4, 0.5) is 5.69 Å². The maximum absolute atomic E-state index is 5.76. The van der Waals surface area contributed by atoms with Gasteiger partial charge in [0.2, 0.25) is 5.88 Å². The van der Waals surface area contributed by atoms with Gasteiger partial charge in [0.25, 0.3) is 0 Å². The lowest BCUT2D eigenvalue weighted by Crippen LogP contribution is -1.95. The van der Waals surface area contributed by atoms with Gasteiger partial charge in [-0.1, -0.05) is 0 Å². The Kier molecular flexibility index (Phi) is 3.52. The number of hydrogen-bond acceptors (Lipinski definition) is 5. The minimum Gasteiger partial charge on any atom is -0.496 e. The Labute approximate surface area is 105 Å². The minimum absolute atomic E-state index is 0.354. The molecule has 0 amide bonds. The molecule has 18 heavy (non-hydrogen) atoms. The van der Waals surface area contributed by atoms with Crippen molar-refractivity contribution in [2.24, 2.45) is 0 Å². The highest BCUT2D eigenvalue weighted by molar-refractivity contribution is 5.50. The van der Waals surface area contributed by atoms with Crippen molar-refractivity contribution >= 4 is 5.69 Å². The zero-order valence-electron chi connectivity index (χ0n) is 10.2. The van der Waals surface area contributed by atoms with Crippen LogP contribution in [0.1, 0.15) is 0 Å². The highest BCUT2D eigenvalue weighted by Gasteiger charge is 2.06. The third-order valence-electron chi connectivity index (χ3n) is 2.34. The molecule has 2 rings (SSSR count). The number of nitrogen functional groups attached to an aromatic ring is 1. The van der Waals surface area contributed by atoms with Crippen molar-refractivity contribution in [2.45, 2.75) is 0 Å². The lowest BCUT2D eigenvalue weighted by molar-refractivity contribution is 0.385. The molecular weight excluding hydrogens is 232 g/mol. The Balaban J connectivity index is 2.31. The second-order valence-corrected chi connectivity index (χ2v) is 3.55. The zero-order valence-corrected chi connectivity index (χ0v) is 10.2. The lowest BCUT2D eigenvalue weighted by Gasteiger charge is -2.10. The molecule has 2 N–H and O–H groups in total. The third kappa shape index (κ3) is 2.63. The van der Waals surface area contributed by atoms with Crippen molar-refractivity contribution in [1.82, 2.24) is 4.98 Å². The fraction of sp³-hybridized carbons (Fsp3) is 0.154. The standard InChI is InChI=1S/C13H14N2O3/c1-16-9-6-10(17-2)8-11(7-9)18-13-12(14)4-3-5-15-13/h3-8H,14H2,1-2H3. The molecule has 1 aromatic heterocycles. The Morgan fingerprint density at radius 1 is 1.00 bits per heavy atom. The van der Waals surface area contributed by atoms with Crippen LogP contribution in [-0.2, 0) is 0 Å². The van der Waals surface area contributed by atoms with Gasteiger partial charge in [-0.05, 0) is 12.1 Å². The molecule has 5 nitrogen and oxygen atoms in total. The molecule has 94 valence electrons. The Hall–Kier alpha value is -2.43. The van der Waals surface area contributed by atoms with Crippen molar-refractivity contribution in [3.63, 3.8) is 0 Å². The number of nitrogens with two attached hydrogens (primary N) is 1. The van der Waals surface area contributed by atoms with Crippen LogP contribution >= 0.6 is 0 Å². The summed E-state index contributed by atoms with van der Waals surface area (Å²) in [5, 5.41) is 0. The van der Waals surface area contributed by atoms with Crippen LogP contribution in [0, 0.1) is 0 Å². The number of methoxy groups -OCH3 is 2. The Morgan fingerprint density at radius 3 is 2.17 bits per heavy atom. The normalized spacial score (nSPS) is 9.89. The first-order valence-electron chi connectivity index (χ1n) is 5.34. The van der Waals surface area contributed by atoms with Crippen molar-refractivity contribution < 1.29 is 14.2 Å². The summed E-state index contributed by atoms with van der Waals surface area (Å²) in [7, 11) is 3.15. The quantitative estimate of drug-likeness (QED) is 0.897. The smallest absolute Gasteiger partial charge is 0.242 e. The van der Waals surface area contributed by atoms with Gasteiger partial charge in [0.05, 0.1) is 19.9 Å². The average Bonchev–Trinajstić information content (AvgIpc) is 2.41. The fourth-order valence-electron chi connectivity index (χ4n) is 1.44. The molecule has 0 aliphatic rings. The molecule has 0 spiro atoms. The van der Waals surface area contributed by atoms with Crippen LogP contribution in [0.15, 0.2) is 36.5 Å². The highest BCUT2D eigenvalue weighted by Crippen LogP contribution is 2.31. The summed E-state index contributed by atoms with van der Waals surface area (Å²) >= 11 is 0. The van der Waals surface area contributed by atoms with E-state index in [1.165, 1.54) is 0 Å². The number of anilines is 1. The van der Waals surface area contributed by atoms with Crippen molar-refractivity contribution in [2.75, 3.05) is 20.0 Å². The summed E-state index contributed by atoms with van der Waals surface area (Å²) in [5.41, 5.74) is 6.23. The second kappa shape index (κ2) is 5.27. The van der Waals surface area contributed by atoms with Crippen molar-refractivity contribution in [1.29, 1.82) is 0 Å². The predicted molar refractivity (Wildman–Crippen MR) is 68.3 cm³/mol. The Bertz CT molecular complexity index is 521. The maximum Gasteiger partial charge on any atom is 0.242 e. The molecule has 5 heteroatoms. The number of pyridine rings is 1. The van der Waals surface area contributed by atoms with Crippen LogP contribution in [0.5, 0.6) is 23.1 Å². The van der Waals surface area contributed by atoms with Crippen LogP contribution in [0.25, 0.3) is 0 Å². The SMILES string of the molecule is COc1cc(OC)cc(Oc2ncccc2N)c1. The van der Waals surface area contributed by atoms with Gasteiger partial charge in [0, 0.05) is 24.4 Å². The van der Waals surface area contributed by atoms with E-state index in [9.17, 15) is 0 Å².